The minimum atomic E-state index is -0.488. The Kier molecular flexibility index (Phi) is 4.46. The lowest BCUT2D eigenvalue weighted by Crippen LogP contribution is -2.09. The third kappa shape index (κ3) is 3.44. The van der Waals surface area contributed by atoms with E-state index in [4.69, 9.17) is 4.74 Å². The van der Waals surface area contributed by atoms with Gasteiger partial charge in [0.05, 0.1) is 5.56 Å². The third-order valence-corrected chi connectivity index (χ3v) is 3.12. The topological polar surface area (TPSA) is 66.8 Å². The van der Waals surface area contributed by atoms with E-state index < -0.39 is 5.97 Å². The average molecular weight is 299 g/mol. The van der Waals surface area contributed by atoms with Crippen LogP contribution in [0.2, 0.25) is 0 Å². The highest BCUT2D eigenvalue weighted by atomic mass is 16.5. The van der Waals surface area contributed by atoms with E-state index in [0.29, 0.717) is 5.56 Å². The van der Waals surface area contributed by atoms with Crippen molar-refractivity contribution in [3.8, 4) is 11.5 Å². The second-order valence-electron chi connectivity index (χ2n) is 5.04. The molecular weight excluding hydrogens is 282 g/mol. The van der Waals surface area contributed by atoms with Gasteiger partial charge in [0.25, 0.3) is 0 Å². The summed E-state index contributed by atoms with van der Waals surface area (Å²) < 4.78 is 4.86. The molecule has 2 aromatic carbocycles. The van der Waals surface area contributed by atoms with Gasteiger partial charge in [-0.1, -0.05) is 0 Å². The minimum Gasteiger partial charge on any atom is -0.507 e. The summed E-state index contributed by atoms with van der Waals surface area (Å²) in [5, 5.41) is 9.96. The lowest BCUT2D eigenvalue weighted by Gasteiger charge is -2.12. The van der Waals surface area contributed by atoms with Crippen LogP contribution in [0.5, 0.6) is 11.5 Å². The van der Waals surface area contributed by atoms with Crippen molar-refractivity contribution in [2.75, 3.05) is 19.0 Å². The number of nitrogens with zero attached hydrogens (tertiary/aromatic N) is 1. The number of benzene rings is 2. The summed E-state index contributed by atoms with van der Waals surface area (Å²) in [7, 11) is 3.83. The lowest BCUT2D eigenvalue weighted by molar-refractivity contribution is -0.131. The smallest absolute Gasteiger partial charge is 0.308 e. The zero-order valence-electron chi connectivity index (χ0n) is 12.7. The van der Waals surface area contributed by atoms with Crippen molar-refractivity contribution in [3.05, 3.63) is 53.6 Å². The number of hydrogen-bond donors (Lipinski definition) is 1. The molecule has 22 heavy (non-hydrogen) atoms. The third-order valence-electron chi connectivity index (χ3n) is 3.12. The number of carbonyl (C=O) groups is 2. The van der Waals surface area contributed by atoms with E-state index in [1.165, 1.54) is 25.1 Å². The monoisotopic (exact) mass is 299 g/mol. The van der Waals surface area contributed by atoms with Crippen LogP contribution < -0.4 is 9.64 Å². The van der Waals surface area contributed by atoms with Crippen LogP contribution in [0.1, 0.15) is 22.8 Å². The summed E-state index contributed by atoms with van der Waals surface area (Å²) in [6, 6.07) is 11.2. The molecule has 0 saturated carbocycles. The molecule has 5 nitrogen and oxygen atoms in total. The van der Waals surface area contributed by atoms with Crippen LogP contribution in [0.3, 0.4) is 0 Å². The predicted molar refractivity (Wildman–Crippen MR) is 83.6 cm³/mol. The number of aromatic hydroxyl groups is 1. The van der Waals surface area contributed by atoms with Crippen molar-refractivity contribution in [3.63, 3.8) is 0 Å². The molecule has 0 aliphatic heterocycles. The Bertz CT molecular complexity index is 705. The molecule has 0 atom stereocenters. The van der Waals surface area contributed by atoms with Crippen molar-refractivity contribution < 1.29 is 19.4 Å². The zero-order valence-corrected chi connectivity index (χ0v) is 12.7. The fourth-order valence-electron chi connectivity index (χ4n) is 2.00. The first-order chi connectivity index (χ1) is 10.4. The molecule has 0 spiro atoms. The highest BCUT2D eigenvalue weighted by Crippen LogP contribution is 2.26. The summed E-state index contributed by atoms with van der Waals surface area (Å²) >= 11 is 0. The van der Waals surface area contributed by atoms with Crippen molar-refractivity contribution in [1.29, 1.82) is 0 Å². The first kappa shape index (κ1) is 15.6. The van der Waals surface area contributed by atoms with E-state index >= 15 is 0 Å². The standard InChI is InChI=1S/C17H17NO4/c1-11(19)22-14-8-9-15(16(20)10-14)17(21)12-4-6-13(7-5-12)18(2)3/h4-10,20H,1-3H3. The van der Waals surface area contributed by atoms with Gasteiger partial charge < -0.3 is 14.7 Å². The van der Waals surface area contributed by atoms with E-state index in [-0.39, 0.29) is 22.8 Å². The number of carbonyl (C=O) groups excluding carboxylic acids is 2. The van der Waals surface area contributed by atoms with E-state index in [9.17, 15) is 14.7 Å². The maximum atomic E-state index is 12.4. The van der Waals surface area contributed by atoms with Gasteiger partial charge in [0, 0.05) is 38.3 Å². The molecule has 0 aliphatic rings. The molecule has 0 amide bonds. The number of ether oxygens (including phenoxy) is 1. The Morgan fingerprint density at radius 1 is 1.05 bits per heavy atom. The van der Waals surface area contributed by atoms with Crippen molar-refractivity contribution in [1.82, 2.24) is 0 Å². The molecular formula is C17H17NO4. The van der Waals surface area contributed by atoms with Crippen molar-refractivity contribution in [2.45, 2.75) is 6.92 Å². The summed E-state index contributed by atoms with van der Waals surface area (Å²) in [5.41, 5.74) is 1.61. The van der Waals surface area contributed by atoms with Crippen molar-refractivity contribution >= 4 is 17.4 Å². The van der Waals surface area contributed by atoms with Crippen LogP contribution in [0, 0.1) is 0 Å². The van der Waals surface area contributed by atoms with E-state index in [2.05, 4.69) is 0 Å². The molecule has 0 aromatic heterocycles. The number of esters is 1. The average Bonchev–Trinajstić information content (AvgIpc) is 2.46. The predicted octanol–water partition coefficient (Wildman–Crippen LogP) is 2.61. The van der Waals surface area contributed by atoms with Crippen LogP contribution in [0.15, 0.2) is 42.5 Å². The molecule has 2 rings (SSSR count). The minimum absolute atomic E-state index is 0.161. The molecule has 0 bridgehead atoms. The fraction of sp³-hybridized carbons (Fsp3) is 0.176. The van der Waals surface area contributed by atoms with E-state index in [1.807, 2.05) is 31.1 Å². The van der Waals surface area contributed by atoms with Gasteiger partial charge in [-0.2, -0.15) is 0 Å². The van der Waals surface area contributed by atoms with Gasteiger partial charge in [-0.3, -0.25) is 9.59 Å². The number of hydrogen-bond acceptors (Lipinski definition) is 5. The number of anilines is 1. The number of ketones is 1. The maximum absolute atomic E-state index is 12.4. The quantitative estimate of drug-likeness (QED) is 0.534. The van der Waals surface area contributed by atoms with Crippen LogP contribution in [-0.2, 0) is 4.79 Å². The molecule has 114 valence electrons. The molecule has 5 heteroatoms. The molecule has 0 saturated heterocycles. The summed E-state index contributed by atoms with van der Waals surface area (Å²) in [5.74, 6) is -0.806. The molecule has 0 radical (unpaired) electrons. The Hall–Kier alpha value is -2.82. The maximum Gasteiger partial charge on any atom is 0.308 e. The van der Waals surface area contributed by atoms with Crippen LogP contribution in [0.25, 0.3) is 0 Å². The van der Waals surface area contributed by atoms with E-state index in [0.717, 1.165) is 5.69 Å². The lowest BCUT2D eigenvalue weighted by atomic mass is 10.0. The Labute approximate surface area is 128 Å². The molecule has 2 aromatic rings. The first-order valence-electron chi connectivity index (χ1n) is 6.72. The van der Waals surface area contributed by atoms with Gasteiger partial charge in [-0.25, -0.2) is 0 Å². The van der Waals surface area contributed by atoms with Gasteiger partial charge in [-0.15, -0.1) is 0 Å². The SMILES string of the molecule is CC(=O)Oc1ccc(C(=O)c2ccc(N(C)C)cc2)c(O)c1. The highest BCUT2D eigenvalue weighted by molar-refractivity contribution is 6.10. The summed E-state index contributed by atoms with van der Waals surface area (Å²) in [6.45, 7) is 1.27. The normalized spacial score (nSPS) is 10.1. The van der Waals surface area contributed by atoms with Crippen LogP contribution in [0.4, 0.5) is 5.69 Å². The van der Waals surface area contributed by atoms with Gasteiger partial charge in [0.1, 0.15) is 11.5 Å². The highest BCUT2D eigenvalue weighted by Gasteiger charge is 2.15. The second-order valence-corrected chi connectivity index (χ2v) is 5.04. The number of rotatable bonds is 4. The molecule has 1 N–H and O–H groups in total. The number of phenols is 1. The van der Waals surface area contributed by atoms with Crippen molar-refractivity contribution in [2.24, 2.45) is 0 Å². The van der Waals surface area contributed by atoms with E-state index in [1.54, 1.807) is 12.1 Å². The Morgan fingerprint density at radius 2 is 1.68 bits per heavy atom. The number of phenolic OH excluding ortho intramolecular Hbond substituents is 1. The Morgan fingerprint density at radius 3 is 2.18 bits per heavy atom. The molecule has 0 heterocycles. The second kappa shape index (κ2) is 6.30. The van der Waals surface area contributed by atoms with Crippen LogP contribution in [-0.4, -0.2) is 31.0 Å². The Balaban J connectivity index is 2.27. The van der Waals surface area contributed by atoms with Gasteiger partial charge in [0.2, 0.25) is 0 Å². The van der Waals surface area contributed by atoms with Gasteiger partial charge in [0.15, 0.2) is 5.78 Å². The van der Waals surface area contributed by atoms with Gasteiger partial charge in [-0.05, 0) is 36.4 Å². The van der Waals surface area contributed by atoms with Gasteiger partial charge >= 0.3 is 5.97 Å². The summed E-state index contributed by atoms with van der Waals surface area (Å²) in [4.78, 5) is 25.2. The fourth-order valence-corrected chi connectivity index (χ4v) is 2.00. The first-order valence-corrected chi connectivity index (χ1v) is 6.72. The summed E-state index contributed by atoms with van der Waals surface area (Å²) in [6.07, 6.45) is 0. The molecule has 0 fully saturated rings. The zero-order chi connectivity index (χ0) is 16.3. The largest absolute Gasteiger partial charge is 0.507 e. The van der Waals surface area contributed by atoms with Crippen LogP contribution >= 0.6 is 0 Å². The molecule has 0 aliphatic carbocycles. The molecule has 0 unspecified atom stereocenters.